The molecular formula is C16H24N2. The van der Waals surface area contributed by atoms with Crippen LogP contribution in [0.1, 0.15) is 25.0 Å². The molecule has 0 aliphatic rings. The fourth-order valence-electron chi connectivity index (χ4n) is 1.79. The van der Waals surface area contributed by atoms with Gasteiger partial charge in [0.25, 0.3) is 0 Å². The Kier molecular flexibility index (Phi) is 6.49. The van der Waals surface area contributed by atoms with Gasteiger partial charge in [0.15, 0.2) is 0 Å². The average Bonchev–Trinajstić information content (AvgIpc) is 2.31. The second kappa shape index (κ2) is 7.92. The zero-order valence-corrected chi connectivity index (χ0v) is 11.7. The summed E-state index contributed by atoms with van der Waals surface area (Å²) in [5.41, 5.74) is 2.64. The summed E-state index contributed by atoms with van der Waals surface area (Å²) in [6.07, 6.45) is 5.29. The van der Waals surface area contributed by atoms with Crippen LogP contribution in [-0.4, -0.2) is 25.0 Å². The van der Waals surface area contributed by atoms with Crippen LogP contribution in [0.4, 0.5) is 0 Å². The van der Waals surface area contributed by atoms with Gasteiger partial charge in [-0.1, -0.05) is 44.0 Å². The van der Waals surface area contributed by atoms with E-state index >= 15 is 0 Å². The highest BCUT2D eigenvalue weighted by atomic mass is 15.1. The van der Waals surface area contributed by atoms with E-state index in [1.807, 2.05) is 7.05 Å². The lowest BCUT2D eigenvalue weighted by molar-refractivity contribution is 0.369. The first-order chi connectivity index (χ1) is 8.61. The number of hydrogen-bond donors (Lipinski definition) is 1. The van der Waals surface area contributed by atoms with E-state index < -0.39 is 0 Å². The first-order valence-corrected chi connectivity index (χ1v) is 6.52. The summed E-state index contributed by atoms with van der Waals surface area (Å²) in [6.45, 7) is 8.04. The fraction of sp³-hybridized carbons (Fsp3) is 0.500. The third kappa shape index (κ3) is 5.86. The molecule has 0 radical (unpaired) electrons. The summed E-state index contributed by atoms with van der Waals surface area (Å²) in [5, 5.41) is 3.44. The number of hydrogen-bond acceptors (Lipinski definition) is 2. The molecule has 0 aliphatic carbocycles. The van der Waals surface area contributed by atoms with Crippen molar-refractivity contribution in [3.8, 4) is 12.3 Å². The lowest BCUT2D eigenvalue weighted by atomic mass is 10.1. The molecule has 0 aromatic heterocycles. The van der Waals surface area contributed by atoms with Crippen molar-refractivity contribution in [2.45, 2.75) is 26.9 Å². The van der Waals surface area contributed by atoms with Gasteiger partial charge in [0.05, 0.1) is 6.54 Å². The van der Waals surface area contributed by atoms with Crippen molar-refractivity contribution < 1.29 is 0 Å². The van der Waals surface area contributed by atoms with Gasteiger partial charge in [0.2, 0.25) is 0 Å². The van der Waals surface area contributed by atoms with Gasteiger partial charge in [-0.2, -0.15) is 0 Å². The van der Waals surface area contributed by atoms with Crippen molar-refractivity contribution in [3.63, 3.8) is 0 Å². The third-order valence-electron chi connectivity index (χ3n) is 2.72. The molecule has 0 aliphatic heterocycles. The van der Waals surface area contributed by atoms with Crippen LogP contribution in [0.5, 0.6) is 0 Å². The second-order valence-corrected chi connectivity index (χ2v) is 5.22. The predicted octanol–water partition coefficient (Wildman–Crippen LogP) is 2.50. The molecule has 0 fully saturated rings. The quantitative estimate of drug-likeness (QED) is 0.741. The molecule has 1 aromatic carbocycles. The Balaban J connectivity index is 2.40. The van der Waals surface area contributed by atoms with Crippen molar-refractivity contribution in [1.82, 2.24) is 10.2 Å². The van der Waals surface area contributed by atoms with Gasteiger partial charge in [0.1, 0.15) is 0 Å². The van der Waals surface area contributed by atoms with Crippen LogP contribution in [-0.2, 0) is 13.1 Å². The minimum atomic E-state index is 0.692. The molecule has 1 N–H and O–H groups in total. The van der Waals surface area contributed by atoms with Gasteiger partial charge in [-0.15, -0.1) is 6.42 Å². The third-order valence-corrected chi connectivity index (χ3v) is 2.72. The van der Waals surface area contributed by atoms with Crippen LogP contribution in [0.15, 0.2) is 24.3 Å². The van der Waals surface area contributed by atoms with Crippen molar-refractivity contribution in [1.29, 1.82) is 0 Å². The molecule has 0 saturated heterocycles. The van der Waals surface area contributed by atoms with Crippen LogP contribution < -0.4 is 5.32 Å². The summed E-state index contributed by atoms with van der Waals surface area (Å²) >= 11 is 0. The molecule has 0 unspecified atom stereocenters. The number of nitrogens with zero attached hydrogens (tertiary/aromatic N) is 1. The zero-order valence-electron chi connectivity index (χ0n) is 11.7. The van der Waals surface area contributed by atoms with E-state index in [0.717, 1.165) is 19.6 Å². The van der Waals surface area contributed by atoms with E-state index in [1.165, 1.54) is 11.1 Å². The summed E-state index contributed by atoms with van der Waals surface area (Å²) in [6, 6.07) is 8.73. The maximum atomic E-state index is 5.29. The van der Waals surface area contributed by atoms with Crippen LogP contribution in [0.2, 0.25) is 0 Å². The van der Waals surface area contributed by atoms with E-state index in [-0.39, 0.29) is 0 Å². The molecule has 98 valence electrons. The Bertz CT molecular complexity index is 373. The van der Waals surface area contributed by atoms with Gasteiger partial charge >= 0.3 is 0 Å². The summed E-state index contributed by atoms with van der Waals surface area (Å²) < 4.78 is 0. The second-order valence-electron chi connectivity index (χ2n) is 5.22. The van der Waals surface area contributed by atoms with Crippen LogP contribution >= 0.6 is 0 Å². The standard InChI is InChI=1S/C16H24N2/c1-5-10-18(4)13-16-8-6-15(7-9-16)12-17-11-14(2)3/h1,6-9,14,17H,10-13H2,2-4H3. The number of terminal acetylenes is 1. The van der Waals surface area contributed by atoms with E-state index in [4.69, 9.17) is 6.42 Å². The highest BCUT2D eigenvalue weighted by Crippen LogP contribution is 2.06. The minimum Gasteiger partial charge on any atom is -0.312 e. The van der Waals surface area contributed by atoms with E-state index in [0.29, 0.717) is 12.5 Å². The fourth-order valence-corrected chi connectivity index (χ4v) is 1.79. The van der Waals surface area contributed by atoms with Gasteiger partial charge in [-0.3, -0.25) is 4.90 Å². The molecule has 2 heteroatoms. The van der Waals surface area contributed by atoms with Crippen LogP contribution in [0.25, 0.3) is 0 Å². The Hall–Kier alpha value is -1.30. The molecule has 0 heterocycles. The Labute approximate surface area is 111 Å². The Morgan fingerprint density at radius 3 is 2.39 bits per heavy atom. The molecule has 0 amide bonds. The number of nitrogens with one attached hydrogen (secondary N) is 1. The molecule has 2 nitrogen and oxygen atoms in total. The molecule has 0 atom stereocenters. The molecule has 1 aromatic rings. The smallest absolute Gasteiger partial charge is 0.0599 e. The van der Waals surface area contributed by atoms with Crippen molar-refractivity contribution in [3.05, 3.63) is 35.4 Å². The van der Waals surface area contributed by atoms with Crippen LogP contribution in [0.3, 0.4) is 0 Å². The van der Waals surface area contributed by atoms with E-state index in [9.17, 15) is 0 Å². The van der Waals surface area contributed by atoms with Gasteiger partial charge in [0, 0.05) is 13.1 Å². The van der Waals surface area contributed by atoms with Gasteiger partial charge in [-0.05, 0) is 30.6 Å². The lowest BCUT2D eigenvalue weighted by Crippen LogP contribution is -2.19. The molecule has 0 saturated carbocycles. The van der Waals surface area contributed by atoms with E-state index in [1.54, 1.807) is 0 Å². The highest BCUT2D eigenvalue weighted by Gasteiger charge is 1.99. The maximum Gasteiger partial charge on any atom is 0.0599 e. The first kappa shape index (κ1) is 14.8. The van der Waals surface area contributed by atoms with E-state index in [2.05, 4.69) is 54.3 Å². The maximum absolute atomic E-state index is 5.29. The normalized spacial score (nSPS) is 10.9. The Morgan fingerprint density at radius 2 is 1.83 bits per heavy atom. The van der Waals surface area contributed by atoms with Crippen molar-refractivity contribution in [2.75, 3.05) is 20.1 Å². The van der Waals surface area contributed by atoms with Crippen molar-refractivity contribution >= 4 is 0 Å². The molecular weight excluding hydrogens is 220 g/mol. The van der Waals surface area contributed by atoms with Crippen LogP contribution in [0, 0.1) is 18.3 Å². The average molecular weight is 244 g/mol. The molecule has 0 spiro atoms. The summed E-state index contributed by atoms with van der Waals surface area (Å²) in [5.74, 6) is 3.35. The zero-order chi connectivity index (χ0) is 13.4. The number of benzene rings is 1. The van der Waals surface area contributed by atoms with Gasteiger partial charge in [-0.25, -0.2) is 0 Å². The molecule has 18 heavy (non-hydrogen) atoms. The lowest BCUT2D eigenvalue weighted by Gasteiger charge is -2.13. The number of rotatable bonds is 7. The summed E-state index contributed by atoms with van der Waals surface area (Å²) in [4.78, 5) is 2.13. The SMILES string of the molecule is C#CCN(C)Cc1ccc(CNCC(C)C)cc1. The largest absolute Gasteiger partial charge is 0.312 e. The monoisotopic (exact) mass is 244 g/mol. The molecule has 1 rings (SSSR count). The first-order valence-electron chi connectivity index (χ1n) is 6.52. The minimum absolute atomic E-state index is 0.692. The highest BCUT2D eigenvalue weighted by molar-refractivity contribution is 5.22. The van der Waals surface area contributed by atoms with Gasteiger partial charge < -0.3 is 5.32 Å². The summed E-state index contributed by atoms with van der Waals surface area (Å²) in [7, 11) is 2.04. The predicted molar refractivity (Wildman–Crippen MR) is 78.2 cm³/mol. The Morgan fingerprint density at radius 1 is 1.22 bits per heavy atom. The van der Waals surface area contributed by atoms with Crippen molar-refractivity contribution in [2.24, 2.45) is 5.92 Å². The molecule has 0 bridgehead atoms. The topological polar surface area (TPSA) is 15.3 Å².